The number of Topliss-reactive ketones (excluding diaryl/α,β-unsaturated/α-hetero) is 1. The molecule has 0 spiro atoms. The number of hydrogen-bond donors (Lipinski definition) is 1. The molecular formula is C7H9BrN2O2. The molecular weight excluding hydrogens is 224 g/mol. The quantitative estimate of drug-likeness (QED) is 0.781. The Morgan fingerprint density at radius 3 is 2.67 bits per heavy atom. The lowest BCUT2D eigenvalue weighted by atomic mass is 10.1. The molecule has 0 aliphatic carbocycles. The Kier molecular flexibility index (Phi) is 2.64. The molecule has 1 unspecified atom stereocenters. The van der Waals surface area contributed by atoms with Gasteiger partial charge in [0.2, 0.25) is 5.78 Å². The SMILES string of the molecule is Cc1nc(Br)oc1C(=O)C(C)N. The molecule has 0 radical (unpaired) electrons. The van der Waals surface area contributed by atoms with Crippen LogP contribution in [0.2, 0.25) is 0 Å². The van der Waals surface area contributed by atoms with Crippen molar-refractivity contribution in [2.75, 3.05) is 0 Å². The largest absolute Gasteiger partial charge is 0.428 e. The molecule has 1 aromatic heterocycles. The van der Waals surface area contributed by atoms with Crippen LogP contribution < -0.4 is 5.73 Å². The van der Waals surface area contributed by atoms with Gasteiger partial charge in [-0.15, -0.1) is 0 Å². The summed E-state index contributed by atoms with van der Waals surface area (Å²) in [5.41, 5.74) is 5.95. The van der Waals surface area contributed by atoms with Crippen molar-refractivity contribution in [2.45, 2.75) is 19.9 Å². The van der Waals surface area contributed by atoms with E-state index < -0.39 is 6.04 Å². The predicted octanol–water partition coefficient (Wildman–Crippen LogP) is 1.28. The van der Waals surface area contributed by atoms with Gasteiger partial charge in [0.15, 0.2) is 5.76 Å². The highest BCUT2D eigenvalue weighted by Gasteiger charge is 2.19. The van der Waals surface area contributed by atoms with Crippen molar-refractivity contribution >= 4 is 21.7 Å². The lowest BCUT2D eigenvalue weighted by Crippen LogP contribution is -2.26. The third-order valence-corrected chi connectivity index (χ3v) is 1.75. The number of nitrogens with two attached hydrogens (primary N) is 1. The van der Waals surface area contributed by atoms with Crippen LogP contribution in [-0.4, -0.2) is 16.8 Å². The lowest BCUT2D eigenvalue weighted by molar-refractivity contribution is 0.0938. The minimum absolute atomic E-state index is 0.231. The number of hydrogen-bond acceptors (Lipinski definition) is 4. The van der Waals surface area contributed by atoms with Crippen molar-refractivity contribution in [2.24, 2.45) is 5.73 Å². The molecule has 1 atom stereocenters. The number of carbonyl (C=O) groups is 1. The van der Waals surface area contributed by atoms with Crippen LogP contribution in [0, 0.1) is 6.92 Å². The lowest BCUT2D eigenvalue weighted by Gasteiger charge is -1.99. The summed E-state index contributed by atoms with van der Waals surface area (Å²) in [7, 11) is 0. The van der Waals surface area contributed by atoms with Gasteiger partial charge in [0.25, 0.3) is 4.80 Å². The molecule has 0 fully saturated rings. The summed E-state index contributed by atoms with van der Waals surface area (Å²) in [6, 6.07) is -0.552. The maximum atomic E-state index is 11.3. The molecule has 5 heteroatoms. The number of carbonyl (C=O) groups excluding carboxylic acids is 1. The fraction of sp³-hybridized carbons (Fsp3) is 0.429. The van der Waals surface area contributed by atoms with Gasteiger partial charge < -0.3 is 10.2 Å². The van der Waals surface area contributed by atoms with Crippen LogP contribution in [0.4, 0.5) is 0 Å². The molecule has 0 aliphatic heterocycles. The minimum atomic E-state index is -0.552. The zero-order chi connectivity index (χ0) is 9.30. The molecule has 0 aliphatic rings. The summed E-state index contributed by atoms with van der Waals surface area (Å²) in [5, 5.41) is 0. The molecule has 0 amide bonds. The van der Waals surface area contributed by atoms with E-state index in [4.69, 9.17) is 10.2 Å². The monoisotopic (exact) mass is 232 g/mol. The third-order valence-electron chi connectivity index (χ3n) is 1.41. The van der Waals surface area contributed by atoms with E-state index in [1.54, 1.807) is 13.8 Å². The van der Waals surface area contributed by atoms with Crippen LogP contribution in [0.3, 0.4) is 0 Å². The third kappa shape index (κ3) is 1.73. The van der Waals surface area contributed by atoms with Gasteiger partial charge in [-0.05, 0) is 13.8 Å². The van der Waals surface area contributed by atoms with Crippen molar-refractivity contribution in [3.8, 4) is 0 Å². The second kappa shape index (κ2) is 3.37. The highest BCUT2D eigenvalue weighted by Crippen LogP contribution is 2.16. The van der Waals surface area contributed by atoms with Crippen LogP contribution in [-0.2, 0) is 0 Å². The zero-order valence-electron chi connectivity index (χ0n) is 6.80. The highest BCUT2D eigenvalue weighted by atomic mass is 79.9. The molecule has 0 saturated heterocycles. The van der Waals surface area contributed by atoms with Gasteiger partial charge in [-0.1, -0.05) is 0 Å². The van der Waals surface area contributed by atoms with Gasteiger partial charge in [0.05, 0.1) is 11.7 Å². The van der Waals surface area contributed by atoms with E-state index in [9.17, 15) is 4.79 Å². The summed E-state index contributed by atoms with van der Waals surface area (Å²) >= 11 is 3.03. The Labute approximate surface area is 78.3 Å². The van der Waals surface area contributed by atoms with Crippen LogP contribution in [0.15, 0.2) is 9.22 Å². The Morgan fingerprint density at radius 1 is 1.75 bits per heavy atom. The second-order valence-electron chi connectivity index (χ2n) is 2.53. The number of aromatic nitrogens is 1. The van der Waals surface area contributed by atoms with E-state index >= 15 is 0 Å². The van der Waals surface area contributed by atoms with Gasteiger partial charge in [-0.2, -0.15) is 0 Å². The summed E-state index contributed by atoms with van der Waals surface area (Å²) in [6.45, 7) is 3.31. The fourth-order valence-corrected chi connectivity index (χ4v) is 1.23. The van der Waals surface area contributed by atoms with E-state index in [0.717, 1.165) is 0 Å². The van der Waals surface area contributed by atoms with Gasteiger partial charge in [-0.25, -0.2) is 4.98 Å². The highest BCUT2D eigenvalue weighted by molar-refractivity contribution is 9.10. The fourth-order valence-electron chi connectivity index (χ4n) is 0.799. The molecule has 1 aromatic rings. The van der Waals surface area contributed by atoms with Crippen LogP contribution in [0.1, 0.15) is 23.2 Å². The first-order valence-electron chi connectivity index (χ1n) is 3.45. The van der Waals surface area contributed by atoms with Crippen molar-refractivity contribution in [3.05, 3.63) is 16.3 Å². The molecule has 1 rings (SSSR count). The second-order valence-corrected chi connectivity index (χ2v) is 3.21. The van der Waals surface area contributed by atoms with Crippen LogP contribution in [0.25, 0.3) is 0 Å². The van der Waals surface area contributed by atoms with E-state index in [0.29, 0.717) is 10.5 Å². The van der Waals surface area contributed by atoms with Gasteiger partial charge in [-0.3, -0.25) is 4.79 Å². The minimum Gasteiger partial charge on any atom is -0.428 e. The average molecular weight is 233 g/mol. The summed E-state index contributed by atoms with van der Waals surface area (Å²) in [4.78, 5) is 15.5. The van der Waals surface area contributed by atoms with E-state index in [1.807, 2.05) is 0 Å². The molecule has 1 heterocycles. The number of ketones is 1. The van der Waals surface area contributed by atoms with E-state index in [-0.39, 0.29) is 11.5 Å². The van der Waals surface area contributed by atoms with E-state index in [2.05, 4.69) is 20.9 Å². The molecule has 2 N–H and O–H groups in total. The maximum Gasteiger partial charge on any atom is 0.264 e. The van der Waals surface area contributed by atoms with Crippen molar-refractivity contribution in [1.29, 1.82) is 0 Å². The maximum absolute atomic E-state index is 11.3. The van der Waals surface area contributed by atoms with Gasteiger partial charge in [0.1, 0.15) is 0 Å². The Hall–Kier alpha value is -0.680. The molecule has 4 nitrogen and oxygen atoms in total. The number of aryl methyl sites for hydroxylation is 1. The van der Waals surface area contributed by atoms with Gasteiger partial charge >= 0.3 is 0 Å². The molecule has 0 saturated carbocycles. The number of oxazole rings is 1. The topological polar surface area (TPSA) is 69.1 Å². The van der Waals surface area contributed by atoms with Crippen LogP contribution in [0.5, 0.6) is 0 Å². The standard InChI is InChI=1S/C7H9BrN2O2/c1-3(9)5(11)6-4(2)10-7(8)12-6/h3H,9H2,1-2H3. The number of rotatable bonds is 2. The molecule has 0 aromatic carbocycles. The smallest absolute Gasteiger partial charge is 0.264 e. The van der Waals surface area contributed by atoms with Crippen molar-refractivity contribution in [1.82, 2.24) is 4.98 Å². The Bertz CT molecular complexity index is 306. The zero-order valence-corrected chi connectivity index (χ0v) is 8.38. The first kappa shape index (κ1) is 9.41. The summed E-state index contributed by atoms with van der Waals surface area (Å²) in [6.07, 6.45) is 0. The number of nitrogens with zero attached hydrogens (tertiary/aromatic N) is 1. The predicted molar refractivity (Wildman–Crippen MR) is 46.9 cm³/mol. The normalized spacial score (nSPS) is 13.0. The van der Waals surface area contributed by atoms with Crippen molar-refractivity contribution < 1.29 is 9.21 Å². The van der Waals surface area contributed by atoms with E-state index in [1.165, 1.54) is 0 Å². The first-order chi connectivity index (χ1) is 5.52. The molecule has 0 bridgehead atoms. The number of halogens is 1. The van der Waals surface area contributed by atoms with Crippen molar-refractivity contribution in [3.63, 3.8) is 0 Å². The Morgan fingerprint density at radius 2 is 2.33 bits per heavy atom. The molecule has 66 valence electrons. The first-order valence-corrected chi connectivity index (χ1v) is 4.24. The summed E-state index contributed by atoms with van der Waals surface area (Å²) in [5.74, 6) is 0.00238. The Balaban J connectivity index is 3.02. The summed E-state index contributed by atoms with van der Waals surface area (Å²) < 4.78 is 5.01. The molecule has 12 heavy (non-hydrogen) atoms. The average Bonchev–Trinajstić information content (AvgIpc) is 2.28. The van der Waals surface area contributed by atoms with Gasteiger partial charge in [0, 0.05) is 15.9 Å². The van der Waals surface area contributed by atoms with Crippen LogP contribution >= 0.6 is 15.9 Å².